The zero-order valence-electron chi connectivity index (χ0n) is 12.1. The summed E-state index contributed by atoms with van der Waals surface area (Å²) in [5.41, 5.74) is 0. The van der Waals surface area contributed by atoms with Crippen LogP contribution in [0.1, 0.15) is 6.42 Å². The minimum atomic E-state index is -4.14. The molecule has 9 heteroatoms. The number of sulfonamides is 1. The summed E-state index contributed by atoms with van der Waals surface area (Å²) in [5, 5.41) is 0. The molecule has 0 radical (unpaired) electrons. The highest BCUT2D eigenvalue weighted by Gasteiger charge is 2.46. The van der Waals surface area contributed by atoms with E-state index in [2.05, 4.69) is 4.74 Å². The highest BCUT2D eigenvalue weighted by atomic mass is 32.2. The number of halogens is 3. The molecule has 1 saturated heterocycles. The Labute approximate surface area is 131 Å². The Kier molecular flexibility index (Phi) is 5.10. The summed E-state index contributed by atoms with van der Waals surface area (Å²) in [6.45, 7) is -0.117. The van der Waals surface area contributed by atoms with Gasteiger partial charge in [-0.15, -0.1) is 0 Å². The maximum Gasteiger partial charge on any atom is 0.324 e. The van der Waals surface area contributed by atoms with Crippen LogP contribution in [0.2, 0.25) is 0 Å². The third-order valence-corrected chi connectivity index (χ3v) is 5.50. The standard InChI is InChI=1S/C14H14F3NO4S/c1-22-14(19)13-9(8-12(16)17)6-7-18(13)23(20,21)11-4-2-10(15)3-5-11/h2-5,8-9,13H,6-7H2,1H3/t9?,13-/m0/s1. The van der Waals surface area contributed by atoms with Crippen LogP contribution in [-0.4, -0.2) is 38.4 Å². The summed E-state index contributed by atoms with van der Waals surface area (Å²) in [6.07, 6.45) is -1.39. The van der Waals surface area contributed by atoms with E-state index in [4.69, 9.17) is 0 Å². The molecule has 2 rings (SSSR count). The number of benzene rings is 1. The van der Waals surface area contributed by atoms with Gasteiger partial charge in [0, 0.05) is 12.5 Å². The van der Waals surface area contributed by atoms with Crippen molar-refractivity contribution in [2.75, 3.05) is 13.7 Å². The molecule has 126 valence electrons. The third-order valence-electron chi connectivity index (χ3n) is 3.60. The lowest BCUT2D eigenvalue weighted by molar-refractivity contribution is -0.145. The number of esters is 1. The van der Waals surface area contributed by atoms with Crippen LogP contribution in [0.3, 0.4) is 0 Å². The third kappa shape index (κ3) is 3.56. The maximum absolute atomic E-state index is 12.9. The average Bonchev–Trinajstić information content (AvgIpc) is 2.90. The molecule has 23 heavy (non-hydrogen) atoms. The summed E-state index contributed by atoms with van der Waals surface area (Å²) < 4.78 is 68.5. The smallest absolute Gasteiger partial charge is 0.324 e. The van der Waals surface area contributed by atoms with Crippen LogP contribution in [-0.2, 0) is 19.6 Å². The monoisotopic (exact) mass is 349 g/mol. The van der Waals surface area contributed by atoms with Crippen molar-refractivity contribution < 1.29 is 31.1 Å². The van der Waals surface area contributed by atoms with Crippen LogP contribution in [0.4, 0.5) is 13.2 Å². The van der Waals surface area contributed by atoms with Crippen molar-refractivity contribution in [1.82, 2.24) is 4.31 Å². The van der Waals surface area contributed by atoms with E-state index >= 15 is 0 Å². The second-order valence-electron chi connectivity index (χ2n) is 4.95. The molecule has 0 amide bonds. The van der Waals surface area contributed by atoms with Gasteiger partial charge in [0.1, 0.15) is 11.9 Å². The summed E-state index contributed by atoms with van der Waals surface area (Å²) in [6, 6.07) is 2.66. The van der Waals surface area contributed by atoms with E-state index < -0.39 is 39.9 Å². The van der Waals surface area contributed by atoms with E-state index in [1.54, 1.807) is 0 Å². The van der Waals surface area contributed by atoms with Gasteiger partial charge in [-0.25, -0.2) is 12.8 Å². The van der Waals surface area contributed by atoms with Gasteiger partial charge >= 0.3 is 5.97 Å². The van der Waals surface area contributed by atoms with Crippen molar-refractivity contribution in [2.24, 2.45) is 5.92 Å². The molecule has 1 heterocycles. The Morgan fingerprint density at radius 2 is 1.91 bits per heavy atom. The number of carbonyl (C=O) groups is 1. The summed E-state index contributed by atoms with van der Waals surface area (Å²) >= 11 is 0. The molecule has 2 atom stereocenters. The number of rotatable bonds is 4. The number of hydrogen-bond donors (Lipinski definition) is 0. The van der Waals surface area contributed by atoms with Crippen LogP contribution in [0, 0.1) is 11.7 Å². The number of ether oxygens (including phenoxy) is 1. The summed E-state index contributed by atoms with van der Waals surface area (Å²) in [5.74, 6) is -2.52. The fraction of sp³-hybridized carbons (Fsp3) is 0.357. The predicted molar refractivity (Wildman–Crippen MR) is 74.5 cm³/mol. The number of hydrogen-bond acceptors (Lipinski definition) is 4. The summed E-state index contributed by atoms with van der Waals surface area (Å²) in [4.78, 5) is 11.7. The molecule has 0 spiro atoms. The molecule has 0 aliphatic carbocycles. The van der Waals surface area contributed by atoms with Crippen LogP contribution < -0.4 is 0 Å². The first-order chi connectivity index (χ1) is 10.8. The van der Waals surface area contributed by atoms with Gasteiger partial charge in [0.25, 0.3) is 6.08 Å². The van der Waals surface area contributed by atoms with Gasteiger partial charge in [-0.2, -0.15) is 13.1 Å². The second-order valence-corrected chi connectivity index (χ2v) is 6.84. The van der Waals surface area contributed by atoms with Gasteiger partial charge in [-0.05, 0) is 36.8 Å². The molecule has 0 N–H and O–H groups in total. The van der Waals surface area contributed by atoms with E-state index in [0.717, 1.165) is 35.7 Å². The van der Waals surface area contributed by atoms with E-state index in [0.29, 0.717) is 6.08 Å². The molecule has 1 aromatic rings. The zero-order valence-corrected chi connectivity index (χ0v) is 12.9. The first-order valence-electron chi connectivity index (χ1n) is 6.65. The van der Waals surface area contributed by atoms with Gasteiger partial charge in [-0.3, -0.25) is 4.79 Å². The molecule has 1 aromatic carbocycles. The highest BCUT2D eigenvalue weighted by Crippen LogP contribution is 2.33. The predicted octanol–water partition coefficient (Wildman–Crippen LogP) is 2.16. The molecule has 5 nitrogen and oxygen atoms in total. The Bertz CT molecular complexity index is 714. The van der Waals surface area contributed by atoms with Crippen LogP contribution in [0.15, 0.2) is 41.3 Å². The first kappa shape index (κ1) is 17.5. The lowest BCUT2D eigenvalue weighted by atomic mass is 10.0. The first-order valence-corrected chi connectivity index (χ1v) is 8.09. The Morgan fingerprint density at radius 1 is 1.30 bits per heavy atom. The molecular weight excluding hydrogens is 335 g/mol. The van der Waals surface area contributed by atoms with E-state index in [1.807, 2.05) is 0 Å². The molecule has 1 fully saturated rings. The molecule has 1 aliphatic rings. The van der Waals surface area contributed by atoms with Crippen molar-refractivity contribution in [2.45, 2.75) is 17.4 Å². The van der Waals surface area contributed by atoms with Crippen molar-refractivity contribution in [1.29, 1.82) is 0 Å². The lowest BCUT2D eigenvalue weighted by Crippen LogP contribution is -2.43. The summed E-state index contributed by atoms with van der Waals surface area (Å²) in [7, 11) is -3.09. The largest absolute Gasteiger partial charge is 0.468 e. The Balaban J connectivity index is 2.42. The molecule has 0 aromatic heterocycles. The second kappa shape index (κ2) is 6.71. The minimum Gasteiger partial charge on any atom is -0.468 e. The van der Waals surface area contributed by atoms with Crippen molar-refractivity contribution in [3.8, 4) is 0 Å². The van der Waals surface area contributed by atoms with Gasteiger partial charge in [0.15, 0.2) is 0 Å². The number of nitrogens with zero attached hydrogens (tertiary/aromatic N) is 1. The van der Waals surface area contributed by atoms with Gasteiger partial charge < -0.3 is 4.74 Å². The van der Waals surface area contributed by atoms with Crippen LogP contribution in [0.25, 0.3) is 0 Å². The molecular formula is C14H14F3NO4S. The fourth-order valence-electron chi connectivity index (χ4n) is 2.55. The number of methoxy groups -OCH3 is 1. The molecule has 1 unspecified atom stereocenters. The molecule has 0 saturated carbocycles. The topological polar surface area (TPSA) is 63.7 Å². The lowest BCUT2D eigenvalue weighted by Gasteiger charge is -2.24. The van der Waals surface area contributed by atoms with Gasteiger partial charge in [0.05, 0.1) is 12.0 Å². The number of carbonyl (C=O) groups excluding carboxylic acids is 1. The normalized spacial score (nSPS) is 21.9. The highest BCUT2D eigenvalue weighted by molar-refractivity contribution is 7.89. The Morgan fingerprint density at radius 3 is 2.43 bits per heavy atom. The van der Waals surface area contributed by atoms with Gasteiger partial charge in [0.2, 0.25) is 10.0 Å². The maximum atomic E-state index is 12.9. The van der Waals surface area contributed by atoms with E-state index in [1.165, 1.54) is 0 Å². The van der Waals surface area contributed by atoms with Crippen molar-refractivity contribution in [3.63, 3.8) is 0 Å². The fourth-order valence-corrected chi connectivity index (χ4v) is 4.19. The van der Waals surface area contributed by atoms with Gasteiger partial charge in [-0.1, -0.05) is 0 Å². The quantitative estimate of drug-likeness (QED) is 0.782. The zero-order chi connectivity index (χ0) is 17.2. The SMILES string of the molecule is COC(=O)[C@@H]1C(C=C(F)F)CCN1S(=O)(=O)c1ccc(F)cc1. The molecule has 1 aliphatic heterocycles. The Hall–Kier alpha value is -1.87. The van der Waals surface area contributed by atoms with Crippen LogP contribution in [0.5, 0.6) is 0 Å². The van der Waals surface area contributed by atoms with E-state index in [9.17, 15) is 26.4 Å². The minimum absolute atomic E-state index is 0.0531. The molecule has 0 bridgehead atoms. The average molecular weight is 349 g/mol. The van der Waals surface area contributed by atoms with Crippen LogP contribution >= 0.6 is 0 Å². The van der Waals surface area contributed by atoms with E-state index in [-0.39, 0.29) is 17.9 Å². The van der Waals surface area contributed by atoms with Crippen molar-refractivity contribution >= 4 is 16.0 Å². The van der Waals surface area contributed by atoms with Crippen molar-refractivity contribution in [3.05, 3.63) is 42.2 Å².